The molecule has 1 heterocycles. The summed E-state index contributed by atoms with van der Waals surface area (Å²) in [4.78, 5) is 9.77. The summed E-state index contributed by atoms with van der Waals surface area (Å²) in [5, 5.41) is 0. The van der Waals surface area contributed by atoms with Gasteiger partial charge >= 0.3 is 40.3 Å². The third-order valence-corrected chi connectivity index (χ3v) is 0.659. The van der Waals surface area contributed by atoms with Gasteiger partial charge in [0.2, 0.25) is 0 Å². The summed E-state index contributed by atoms with van der Waals surface area (Å²) in [5.41, 5.74) is 0. The Morgan fingerprint density at radius 1 is 1.86 bits per heavy atom. The quantitative estimate of drug-likeness (QED) is 0.472. The number of rotatable bonds is 1. The second kappa shape index (κ2) is 1.73. The zero-order valence-electron chi connectivity index (χ0n) is 3.63. The SMILES string of the molecule is O=Cc1cbco1. The fourth-order valence-corrected chi connectivity index (χ4v) is 0.358. The molecule has 2 nitrogen and oxygen atoms in total. The summed E-state index contributed by atoms with van der Waals surface area (Å²) in [7, 11) is 0. The number of carbonyl (C=O) groups is 1. The minimum absolute atomic E-state index is 0.375. The van der Waals surface area contributed by atoms with E-state index < -0.39 is 0 Å². The molecule has 0 bridgehead atoms. The molecule has 7 heavy (non-hydrogen) atoms. The predicted molar refractivity (Wildman–Crippen MR) is 25.4 cm³/mol. The molecular weight excluding hydrogens is 90.9 g/mol. The van der Waals surface area contributed by atoms with Crippen molar-refractivity contribution < 1.29 is 9.21 Å². The molecule has 0 aromatic carbocycles. The van der Waals surface area contributed by atoms with Crippen LogP contribution in [-0.2, 0) is 0 Å². The van der Waals surface area contributed by atoms with Gasteiger partial charge in [-0.25, -0.2) is 0 Å². The van der Waals surface area contributed by atoms with Crippen LogP contribution in [0.4, 0.5) is 0 Å². The van der Waals surface area contributed by atoms with Crippen LogP contribution >= 0.6 is 0 Å². The van der Waals surface area contributed by atoms with Crippen molar-refractivity contribution in [2.75, 3.05) is 0 Å². The number of hydrogen-bond acceptors (Lipinski definition) is 2. The predicted octanol–water partition coefficient (Wildman–Crippen LogP) is 0.430. The van der Waals surface area contributed by atoms with E-state index in [1.54, 1.807) is 12.9 Å². The van der Waals surface area contributed by atoms with Crippen molar-refractivity contribution >= 4 is 13.2 Å². The topological polar surface area (TPSA) is 30.2 Å². The van der Waals surface area contributed by atoms with Gasteiger partial charge in [0.1, 0.15) is 0 Å². The van der Waals surface area contributed by atoms with E-state index >= 15 is 0 Å². The van der Waals surface area contributed by atoms with Gasteiger partial charge in [-0.2, -0.15) is 0 Å². The van der Waals surface area contributed by atoms with Crippen LogP contribution in [0.25, 0.3) is 0 Å². The van der Waals surface area contributed by atoms with Gasteiger partial charge in [-0.15, -0.1) is 0 Å². The van der Waals surface area contributed by atoms with Gasteiger partial charge in [-0.05, 0) is 0 Å². The average molecular weight is 93.9 g/mol. The van der Waals surface area contributed by atoms with Gasteiger partial charge in [0.25, 0.3) is 0 Å². The summed E-state index contributed by atoms with van der Waals surface area (Å²) in [6, 6.07) is 0. The molecule has 0 aliphatic carbocycles. The second-order valence-electron chi connectivity index (χ2n) is 1.13. The maximum absolute atomic E-state index is 9.77. The Kier molecular flexibility index (Phi) is 1.07. The van der Waals surface area contributed by atoms with E-state index in [1.165, 1.54) is 6.16 Å². The first kappa shape index (κ1) is 4.31. The monoisotopic (exact) mass is 94.0 g/mol. The van der Waals surface area contributed by atoms with Crippen LogP contribution in [0, 0.1) is 0 Å². The average Bonchev–Trinajstić information content (AvgIpc) is 2.14. The summed E-state index contributed by atoms with van der Waals surface area (Å²) in [6.45, 7) is 1.67. The molecular formula is C4H3BO2. The normalized spacial score (nSPS) is 8.00. The van der Waals surface area contributed by atoms with Crippen molar-refractivity contribution in [3.8, 4) is 0 Å². The second-order valence-corrected chi connectivity index (χ2v) is 1.13. The molecule has 0 saturated carbocycles. The van der Waals surface area contributed by atoms with E-state index in [2.05, 4.69) is 4.42 Å². The van der Waals surface area contributed by atoms with Crippen molar-refractivity contribution in [2.45, 2.75) is 0 Å². The van der Waals surface area contributed by atoms with Gasteiger partial charge in [-0.1, -0.05) is 0 Å². The third-order valence-electron chi connectivity index (χ3n) is 0.659. The molecule has 0 amide bonds. The van der Waals surface area contributed by atoms with Gasteiger partial charge in [-0.3, -0.25) is 0 Å². The van der Waals surface area contributed by atoms with Crippen LogP contribution in [0.1, 0.15) is 10.6 Å². The molecule has 0 saturated heterocycles. The van der Waals surface area contributed by atoms with Crippen LogP contribution in [0.2, 0.25) is 0 Å². The van der Waals surface area contributed by atoms with Gasteiger partial charge in [0, 0.05) is 0 Å². The fourth-order valence-electron chi connectivity index (χ4n) is 0.358. The van der Waals surface area contributed by atoms with Crippen molar-refractivity contribution in [1.82, 2.24) is 0 Å². The molecule has 0 aliphatic heterocycles. The number of carbonyl (C=O) groups excluding carboxylic acids is 1. The zero-order chi connectivity index (χ0) is 5.11. The van der Waals surface area contributed by atoms with E-state index in [-0.39, 0.29) is 0 Å². The molecule has 1 aromatic rings. The molecule has 0 aliphatic rings. The van der Waals surface area contributed by atoms with Gasteiger partial charge in [0.05, 0.1) is 0 Å². The van der Waals surface area contributed by atoms with Crippen molar-refractivity contribution in [3.63, 3.8) is 0 Å². The van der Waals surface area contributed by atoms with Gasteiger partial charge in [0.15, 0.2) is 0 Å². The van der Waals surface area contributed by atoms with Crippen LogP contribution in [0.3, 0.4) is 0 Å². The summed E-state index contributed by atoms with van der Waals surface area (Å²) >= 11 is 0. The molecule has 0 spiro atoms. The Bertz CT molecular complexity index is 145. The standard InChI is InChI=1S/C4H3BO2/c6-2-4-1-5-3-7-4/h1-3H. The van der Waals surface area contributed by atoms with Crippen LogP contribution in [-0.4, -0.2) is 13.2 Å². The maximum atomic E-state index is 9.77. The first-order valence-electron chi connectivity index (χ1n) is 1.92. The van der Waals surface area contributed by atoms with E-state index in [1.807, 2.05) is 0 Å². The van der Waals surface area contributed by atoms with Crippen molar-refractivity contribution in [1.29, 1.82) is 0 Å². The fraction of sp³-hybridized carbons (Fsp3) is 0. The molecule has 0 N–H and O–H groups in total. The summed E-state index contributed by atoms with van der Waals surface area (Å²) < 4.78 is 4.61. The molecule has 0 radical (unpaired) electrons. The molecule has 3 heteroatoms. The zero-order valence-corrected chi connectivity index (χ0v) is 3.63. The molecule has 34 valence electrons. The summed E-state index contributed by atoms with van der Waals surface area (Å²) in [6.07, 6.45) is 2.13. The number of hydrogen-bond donors (Lipinski definition) is 0. The Morgan fingerprint density at radius 3 is 3.00 bits per heavy atom. The minimum atomic E-state index is 0.375. The van der Waals surface area contributed by atoms with Crippen LogP contribution in [0.5, 0.6) is 0 Å². The van der Waals surface area contributed by atoms with Crippen molar-refractivity contribution in [2.24, 2.45) is 0 Å². The van der Waals surface area contributed by atoms with E-state index in [0.717, 1.165) is 0 Å². The van der Waals surface area contributed by atoms with Crippen LogP contribution in [0.15, 0.2) is 16.5 Å². The van der Waals surface area contributed by atoms with E-state index in [0.29, 0.717) is 12.0 Å². The summed E-state index contributed by atoms with van der Waals surface area (Å²) in [5.74, 6) is 1.98. The van der Waals surface area contributed by atoms with E-state index in [9.17, 15) is 4.79 Å². The third kappa shape index (κ3) is 0.767. The Balaban J connectivity index is 2.96. The first-order chi connectivity index (χ1) is 3.43. The van der Waals surface area contributed by atoms with E-state index in [4.69, 9.17) is 0 Å². The molecule has 1 aromatic heterocycles. The Labute approximate surface area is 41.4 Å². The van der Waals surface area contributed by atoms with Crippen molar-refractivity contribution in [3.05, 3.63) is 17.9 Å². The molecule has 0 unspecified atom stereocenters. The Morgan fingerprint density at radius 2 is 2.71 bits per heavy atom. The number of aldehydes is 1. The molecule has 0 fully saturated rings. The molecule has 0 atom stereocenters. The Hall–Kier alpha value is -0.855. The first-order valence-corrected chi connectivity index (χ1v) is 1.92. The van der Waals surface area contributed by atoms with Gasteiger partial charge < -0.3 is 0 Å². The van der Waals surface area contributed by atoms with Crippen LogP contribution < -0.4 is 0 Å². The molecule has 1 rings (SSSR count).